The Morgan fingerprint density at radius 1 is 1.07 bits per heavy atom. The number of rotatable bonds is 3. The molecule has 0 radical (unpaired) electrons. The zero-order valence-corrected chi connectivity index (χ0v) is 16.4. The van der Waals surface area contributed by atoms with E-state index in [4.69, 9.17) is 0 Å². The summed E-state index contributed by atoms with van der Waals surface area (Å²) in [6, 6.07) is 12.4. The highest BCUT2D eigenvalue weighted by atomic mass is 16.2. The monoisotopic (exact) mass is 373 g/mol. The Kier molecular flexibility index (Phi) is 3.71. The predicted octanol–water partition coefficient (Wildman–Crippen LogP) is 3.37. The maximum Gasteiger partial charge on any atom is 0.177 e. The maximum atomic E-state index is 13.6. The second kappa shape index (κ2) is 6.04. The average Bonchev–Trinajstić information content (AvgIpc) is 3.01. The molecule has 5 nitrogen and oxygen atoms in total. The van der Waals surface area contributed by atoms with E-state index in [1.807, 2.05) is 49.3 Å². The van der Waals surface area contributed by atoms with Crippen LogP contribution >= 0.6 is 0 Å². The SMILES string of the molecule is CN(C)CCC1C(=O)C2=CN(C)Cn3c2c(c2c4ccccc4ccc23)C1=O. The van der Waals surface area contributed by atoms with Crippen molar-refractivity contribution in [3.05, 3.63) is 53.9 Å². The van der Waals surface area contributed by atoms with Crippen LogP contribution in [-0.2, 0) is 11.5 Å². The van der Waals surface area contributed by atoms with Crippen LogP contribution in [-0.4, -0.2) is 53.6 Å². The van der Waals surface area contributed by atoms with Gasteiger partial charge in [-0.25, -0.2) is 0 Å². The van der Waals surface area contributed by atoms with Gasteiger partial charge in [-0.1, -0.05) is 30.3 Å². The van der Waals surface area contributed by atoms with Gasteiger partial charge < -0.3 is 14.4 Å². The Labute approximate surface area is 163 Å². The molecule has 5 heteroatoms. The lowest BCUT2D eigenvalue weighted by Gasteiger charge is -2.31. The van der Waals surface area contributed by atoms with Crippen LogP contribution in [0.4, 0.5) is 0 Å². The van der Waals surface area contributed by atoms with Gasteiger partial charge >= 0.3 is 0 Å². The first-order chi connectivity index (χ1) is 13.5. The Balaban J connectivity index is 1.84. The molecule has 2 aliphatic rings. The molecule has 0 bridgehead atoms. The van der Waals surface area contributed by atoms with Gasteiger partial charge in [-0.3, -0.25) is 9.59 Å². The van der Waals surface area contributed by atoms with Gasteiger partial charge in [0.05, 0.1) is 34.9 Å². The fourth-order valence-corrected chi connectivity index (χ4v) is 4.64. The third-order valence-corrected chi connectivity index (χ3v) is 5.93. The number of allylic oxidation sites excluding steroid dienone is 1. The summed E-state index contributed by atoms with van der Waals surface area (Å²) >= 11 is 0. The summed E-state index contributed by atoms with van der Waals surface area (Å²) in [5.41, 5.74) is 3.23. The number of Topliss-reactive ketones (excluding diaryl/α,β-unsaturated/α-hetero) is 2. The molecule has 28 heavy (non-hydrogen) atoms. The van der Waals surface area contributed by atoms with Crippen molar-refractivity contribution in [3.8, 4) is 0 Å². The van der Waals surface area contributed by atoms with Crippen molar-refractivity contribution < 1.29 is 9.59 Å². The van der Waals surface area contributed by atoms with E-state index in [9.17, 15) is 9.59 Å². The van der Waals surface area contributed by atoms with Gasteiger partial charge in [-0.2, -0.15) is 0 Å². The molecule has 5 rings (SSSR count). The van der Waals surface area contributed by atoms with E-state index >= 15 is 0 Å². The molecule has 0 N–H and O–H groups in total. The normalized spacial score (nSPS) is 18.9. The summed E-state index contributed by atoms with van der Waals surface area (Å²) in [4.78, 5) is 30.9. The lowest BCUT2D eigenvalue weighted by molar-refractivity contribution is -0.116. The highest BCUT2D eigenvalue weighted by Gasteiger charge is 2.43. The minimum Gasteiger partial charge on any atom is -0.362 e. The van der Waals surface area contributed by atoms with Crippen LogP contribution in [0.15, 0.2) is 42.6 Å². The number of ketones is 2. The molecule has 1 aliphatic carbocycles. The zero-order valence-electron chi connectivity index (χ0n) is 16.4. The quantitative estimate of drug-likeness (QED) is 0.661. The fraction of sp³-hybridized carbons (Fsp3) is 0.304. The van der Waals surface area contributed by atoms with Gasteiger partial charge in [0.25, 0.3) is 0 Å². The van der Waals surface area contributed by atoms with E-state index < -0.39 is 5.92 Å². The molecule has 1 atom stereocenters. The Hall–Kier alpha value is -2.92. The number of carbonyl (C=O) groups is 2. The van der Waals surface area contributed by atoms with E-state index in [-0.39, 0.29) is 11.6 Å². The molecular weight excluding hydrogens is 350 g/mol. The van der Waals surface area contributed by atoms with E-state index in [1.165, 1.54) is 0 Å². The predicted molar refractivity (Wildman–Crippen MR) is 111 cm³/mol. The highest BCUT2D eigenvalue weighted by Crippen LogP contribution is 2.43. The Morgan fingerprint density at radius 3 is 2.64 bits per heavy atom. The van der Waals surface area contributed by atoms with Gasteiger partial charge in [0.15, 0.2) is 11.6 Å². The molecule has 0 spiro atoms. The number of fused-ring (bicyclic) bond motifs is 5. The topological polar surface area (TPSA) is 45.6 Å². The summed E-state index contributed by atoms with van der Waals surface area (Å²) < 4.78 is 2.13. The van der Waals surface area contributed by atoms with E-state index in [0.717, 1.165) is 32.9 Å². The number of nitrogens with zero attached hydrogens (tertiary/aromatic N) is 3. The first kappa shape index (κ1) is 17.2. The molecule has 0 saturated heterocycles. The first-order valence-corrected chi connectivity index (χ1v) is 9.67. The van der Waals surface area contributed by atoms with Gasteiger partial charge in [-0.15, -0.1) is 0 Å². The summed E-state index contributed by atoms with van der Waals surface area (Å²) in [7, 11) is 5.91. The van der Waals surface area contributed by atoms with Crippen LogP contribution in [0.3, 0.4) is 0 Å². The highest BCUT2D eigenvalue weighted by molar-refractivity contribution is 6.38. The first-order valence-electron chi connectivity index (χ1n) is 9.67. The van der Waals surface area contributed by atoms with Crippen molar-refractivity contribution in [2.75, 3.05) is 27.7 Å². The van der Waals surface area contributed by atoms with E-state index in [1.54, 1.807) is 0 Å². The molecule has 1 unspecified atom stereocenters. The summed E-state index contributed by atoms with van der Waals surface area (Å²) in [6.45, 7) is 1.34. The number of hydrogen-bond donors (Lipinski definition) is 0. The summed E-state index contributed by atoms with van der Waals surface area (Å²) in [5, 5.41) is 3.18. The molecular formula is C23H23N3O2. The van der Waals surface area contributed by atoms with Crippen LogP contribution < -0.4 is 0 Å². The van der Waals surface area contributed by atoms with E-state index in [2.05, 4.69) is 28.8 Å². The molecule has 2 aromatic carbocycles. The Morgan fingerprint density at radius 2 is 1.86 bits per heavy atom. The van der Waals surface area contributed by atoms with Gasteiger partial charge in [0, 0.05) is 18.6 Å². The molecule has 0 fully saturated rings. The summed E-state index contributed by atoms with van der Waals surface area (Å²) in [6.07, 6.45) is 2.46. The van der Waals surface area contributed by atoms with Crippen molar-refractivity contribution in [3.63, 3.8) is 0 Å². The maximum absolute atomic E-state index is 13.6. The molecule has 1 aliphatic heterocycles. The van der Waals surface area contributed by atoms with Crippen LogP contribution in [0.25, 0.3) is 27.2 Å². The molecule has 142 valence electrons. The zero-order chi connectivity index (χ0) is 19.6. The van der Waals surface area contributed by atoms with Crippen molar-refractivity contribution in [1.29, 1.82) is 0 Å². The number of aromatic nitrogens is 1. The van der Waals surface area contributed by atoms with Crippen LogP contribution in [0, 0.1) is 5.92 Å². The second-order valence-corrected chi connectivity index (χ2v) is 8.15. The van der Waals surface area contributed by atoms with Gasteiger partial charge in [0.2, 0.25) is 0 Å². The average molecular weight is 373 g/mol. The van der Waals surface area contributed by atoms with Crippen molar-refractivity contribution in [2.24, 2.45) is 5.92 Å². The van der Waals surface area contributed by atoms with Crippen molar-refractivity contribution in [2.45, 2.75) is 13.1 Å². The molecule has 0 amide bonds. The number of carbonyl (C=O) groups excluding carboxylic acids is 2. The van der Waals surface area contributed by atoms with E-state index in [0.29, 0.717) is 25.2 Å². The third kappa shape index (κ3) is 2.29. The van der Waals surface area contributed by atoms with Crippen LogP contribution in [0.2, 0.25) is 0 Å². The minimum atomic E-state index is -0.606. The van der Waals surface area contributed by atoms with Crippen molar-refractivity contribution in [1.82, 2.24) is 14.4 Å². The largest absolute Gasteiger partial charge is 0.362 e. The lowest BCUT2D eigenvalue weighted by Crippen LogP contribution is -2.37. The molecule has 1 aromatic heterocycles. The number of benzene rings is 2. The molecule has 3 aromatic rings. The minimum absolute atomic E-state index is 0.0244. The summed E-state index contributed by atoms with van der Waals surface area (Å²) in [5.74, 6) is -0.673. The third-order valence-electron chi connectivity index (χ3n) is 5.93. The number of hydrogen-bond acceptors (Lipinski definition) is 4. The standard InChI is InChI=1S/C23H23N3O2/c1-24(2)11-10-16-22(27)17-12-25(3)13-26-18-9-8-14-6-4-5-7-15(14)19(18)20(21(17)26)23(16)28/h4-9,12,16H,10-11,13H2,1-3H3. The fourth-order valence-electron chi connectivity index (χ4n) is 4.64. The van der Waals surface area contributed by atoms with Crippen LogP contribution in [0.5, 0.6) is 0 Å². The lowest BCUT2D eigenvalue weighted by atomic mass is 9.78. The Bertz CT molecular complexity index is 1190. The van der Waals surface area contributed by atoms with Crippen LogP contribution in [0.1, 0.15) is 22.5 Å². The van der Waals surface area contributed by atoms with Crippen molar-refractivity contribution >= 4 is 38.8 Å². The molecule has 2 heterocycles. The smallest absolute Gasteiger partial charge is 0.177 e. The second-order valence-electron chi connectivity index (χ2n) is 8.15. The van der Waals surface area contributed by atoms with Gasteiger partial charge in [0.1, 0.15) is 0 Å². The molecule has 0 saturated carbocycles. The van der Waals surface area contributed by atoms with Gasteiger partial charge in [-0.05, 0) is 43.9 Å².